The van der Waals surface area contributed by atoms with Gasteiger partial charge in [0, 0.05) is 22.7 Å². The third kappa shape index (κ3) is 3.03. The molecule has 26 heavy (non-hydrogen) atoms. The topological polar surface area (TPSA) is 58.2 Å². The van der Waals surface area contributed by atoms with Crippen LogP contribution >= 0.6 is 12.2 Å². The molecule has 2 aliphatic rings. The Balaban J connectivity index is 1.62. The zero-order valence-electron chi connectivity index (χ0n) is 14.4. The summed E-state index contributed by atoms with van der Waals surface area (Å²) in [6.07, 6.45) is 5.93. The quantitative estimate of drug-likeness (QED) is 0.671. The Labute approximate surface area is 158 Å². The van der Waals surface area contributed by atoms with Crippen molar-refractivity contribution < 1.29 is 9.59 Å². The van der Waals surface area contributed by atoms with Gasteiger partial charge in [-0.1, -0.05) is 55.7 Å². The van der Waals surface area contributed by atoms with E-state index in [9.17, 15) is 9.59 Å². The molecule has 2 N–H and O–H groups in total. The first-order valence-corrected chi connectivity index (χ1v) is 9.45. The molecule has 2 aromatic rings. The van der Waals surface area contributed by atoms with Gasteiger partial charge in [-0.3, -0.25) is 9.59 Å². The zero-order chi connectivity index (χ0) is 18.1. The van der Waals surface area contributed by atoms with Crippen LogP contribution in [0, 0.1) is 0 Å². The van der Waals surface area contributed by atoms with Crippen molar-refractivity contribution in [2.24, 2.45) is 0 Å². The molecular weight excluding hydrogens is 344 g/mol. The standard InChI is InChI=1S/C21H20N2O2S/c24-19-14-9-4-5-10-15(14)20(25)18-16(19)11-6-12-17(18)23-21(26)22-13-7-2-1-3-8-13/h4-6,9-13H,1-3,7-8H2,(H2,22,23,26). The molecule has 1 fully saturated rings. The van der Waals surface area contributed by atoms with Crippen molar-refractivity contribution in [2.45, 2.75) is 38.1 Å². The third-order valence-electron chi connectivity index (χ3n) is 5.14. The van der Waals surface area contributed by atoms with Crippen molar-refractivity contribution in [3.05, 3.63) is 64.7 Å². The Kier molecular flexibility index (Phi) is 4.55. The summed E-state index contributed by atoms with van der Waals surface area (Å²) in [5.74, 6) is -0.260. The molecule has 132 valence electrons. The van der Waals surface area contributed by atoms with Crippen LogP contribution in [0.15, 0.2) is 42.5 Å². The van der Waals surface area contributed by atoms with Crippen LogP contribution in [0.2, 0.25) is 0 Å². The molecule has 2 aromatic carbocycles. The van der Waals surface area contributed by atoms with Crippen molar-refractivity contribution in [1.29, 1.82) is 0 Å². The smallest absolute Gasteiger partial charge is 0.196 e. The van der Waals surface area contributed by atoms with Gasteiger partial charge in [0.2, 0.25) is 0 Å². The van der Waals surface area contributed by atoms with Crippen LogP contribution in [-0.2, 0) is 0 Å². The van der Waals surface area contributed by atoms with Gasteiger partial charge >= 0.3 is 0 Å². The number of ketones is 2. The summed E-state index contributed by atoms with van der Waals surface area (Å²) >= 11 is 5.45. The molecule has 0 atom stereocenters. The molecule has 0 saturated heterocycles. The molecule has 2 aliphatic carbocycles. The third-order valence-corrected chi connectivity index (χ3v) is 5.36. The Bertz CT molecular complexity index is 901. The molecule has 0 radical (unpaired) electrons. The second-order valence-electron chi connectivity index (χ2n) is 6.87. The van der Waals surface area contributed by atoms with Gasteiger partial charge in [0.05, 0.1) is 11.3 Å². The van der Waals surface area contributed by atoms with E-state index in [1.807, 2.05) is 0 Å². The summed E-state index contributed by atoms with van der Waals surface area (Å²) in [5, 5.41) is 6.99. The average molecular weight is 364 g/mol. The fourth-order valence-electron chi connectivity index (χ4n) is 3.84. The van der Waals surface area contributed by atoms with Crippen LogP contribution in [0.3, 0.4) is 0 Å². The van der Waals surface area contributed by atoms with Crippen molar-refractivity contribution in [3.63, 3.8) is 0 Å². The lowest BCUT2D eigenvalue weighted by atomic mass is 9.83. The molecule has 0 unspecified atom stereocenters. The van der Waals surface area contributed by atoms with Crippen LogP contribution in [0.5, 0.6) is 0 Å². The minimum absolute atomic E-state index is 0.120. The van der Waals surface area contributed by atoms with Crippen LogP contribution < -0.4 is 10.6 Å². The minimum atomic E-state index is -0.140. The number of carbonyl (C=O) groups excluding carboxylic acids is 2. The molecule has 1 saturated carbocycles. The second-order valence-corrected chi connectivity index (χ2v) is 7.27. The van der Waals surface area contributed by atoms with Gasteiger partial charge in [0.15, 0.2) is 16.7 Å². The molecular formula is C21H20N2O2S. The van der Waals surface area contributed by atoms with Gasteiger partial charge < -0.3 is 10.6 Å². The number of carbonyl (C=O) groups is 2. The van der Waals surface area contributed by atoms with Gasteiger partial charge in [-0.2, -0.15) is 0 Å². The molecule has 0 amide bonds. The van der Waals surface area contributed by atoms with Crippen LogP contribution in [0.1, 0.15) is 63.9 Å². The van der Waals surface area contributed by atoms with E-state index in [-0.39, 0.29) is 11.6 Å². The zero-order valence-corrected chi connectivity index (χ0v) is 15.2. The predicted molar refractivity (Wildman–Crippen MR) is 106 cm³/mol. The van der Waals surface area contributed by atoms with E-state index in [1.165, 1.54) is 19.3 Å². The highest BCUT2D eigenvalue weighted by Crippen LogP contribution is 2.32. The Morgan fingerprint density at radius 2 is 1.50 bits per heavy atom. The SMILES string of the molecule is O=C1c2ccccc2C(=O)c2c(NC(=S)NC3CCCCC3)cccc21. The molecule has 0 heterocycles. The molecule has 5 heteroatoms. The summed E-state index contributed by atoms with van der Waals surface area (Å²) in [6.45, 7) is 0. The number of nitrogens with one attached hydrogen (secondary N) is 2. The summed E-state index contributed by atoms with van der Waals surface area (Å²) < 4.78 is 0. The number of benzene rings is 2. The number of fused-ring (bicyclic) bond motifs is 2. The monoisotopic (exact) mass is 364 g/mol. The number of hydrogen-bond acceptors (Lipinski definition) is 3. The summed E-state index contributed by atoms with van der Waals surface area (Å²) in [7, 11) is 0. The highest BCUT2D eigenvalue weighted by Gasteiger charge is 2.31. The number of anilines is 1. The number of thiocarbonyl (C=S) groups is 1. The summed E-state index contributed by atoms with van der Waals surface area (Å²) in [5.41, 5.74) is 2.34. The lowest BCUT2D eigenvalue weighted by molar-refractivity contribution is 0.0979. The molecule has 0 aromatic heterocycles. The van der Waals surface area contributed by atoms with Gasteiger partial charge in [0.25, 0.3) is 0 Å². The first-order valence-electron chi connectivity index (χ1n) is 9.04. The highest BCUT2D eigenvalue weighted by molar-refractivity contribution is 7.80. The molecule has 0 spiro atoms. The fourth-order valence-corrected chi connectivity index (χ4v) is 4.12. The summed E-state index contributed by atoms with van der Waals surface area (Å²) in [4.78, 5) is 25.8. The van der Waals surface area contributed by atoms with E-state index in [2.05, 4.69) is 10.6 Å². The van der Waals surface area contributed by atoms with Crippen LogP contribution in [0.25, 0.3) is 0 Å². The number of hydrogen-bond donors (Lipinski definition) is 2. The van der Waals surface area contributed by atoms with E-state index in [1.54, 1.807) is 42.5 Å². The summed E-state index contributed by atoms with van der Waals surface area (Å²) in [6, 6.07) is 12.6. The van der Waals surface area contributed by atoms with E-state index in [0.717, 1.165) is 12.8 Å². The van der Waals surface area contributed by atoms with Crippen molar-refractivity contribution >= 4 is 34.6 Å². The minimum Gasteiger partial charge on any atom is -0.360 e. The van der Waals surface area contributed by atoms with Crippen LogP contribution in [-0.4, -0.2) is 22.7 Å². The van der Waals surface area contributed by atoms with Gasteiger partial charge in [-0.15, -0.1) is 0 Å². The largest absolute Gasteiger partial charge is 0.360 e. The van der Waals surface area contributed by atoms with Crippen molar-refractivity contribution in [3.8, 4) is 0 Å². The average Bonchev–Trinajstić information content (AvgIpc) is 2.67. The first kappa shape index (κ1) is 16.9. The Morgan fingerprint density at radius 3 is 2.23 bits per heavy atom. The second kappa shape index (κ2) is 7.00. The lowest BCUT2D eigenvalue weighted by Crippen LogP contribution is -2.39. The van der Waals surface area contributed by atoms with E-state index in [4.69, 9.17) is 12.2 Å². The van der Waals surface area contributed by atoms with Crippen LogP contribution in [0.4, 0.5) is 5.69 Å². The molecule has 4 nitrogen and oxygen atoms in total. The molecule has 0 bridgehead atoms. The maximum atomic E-state index is 13.0. The normalized spacial score (nSPS) is 16.6. The molecule has 4 rings (SSSR count). The van der Waals surface area contributed by atoms with E-state index in [0.29, 0.717) is 39.1 Å². The van der Waals surface area contributed by atoms with E-state index < -0.39 is 0 Å². The van der Waals surface area contributed by atoms with E-state index >= 15 is 0 Å². The van der Waals surface area contributed by atoms with Crippen molar-refractivity contribution in [2.75, 3.05) is 5.32 Å². The Hall–Kier alpha value is -2.53. The number of rotatable bonds is 2. The van der Waals surface area contributed by atoms with Gasteiger partial charge in [-0.05, 0) is 31.1 Å². The molecule has 0 aliphatic heterocycles. The predicted octanol–water partition coefficient (Wildman–Crippen LogP) is 4.08. The Morgan fingerprint density at radius 1 is 0.846 bits per heavy atom. The lowest BCUT2D eigenvalue weighted by Gasteiger charge is -2.25. The fraction of sp³-hybridized carbons (Fsp3) is 0.286. The van der Waals surface area contributed by atoms with Gasteiger partial charge in [0.1, 0.15) is 0 Å². The van der Waals surface area contributed by atoms with Crippen molar-refractivity contribution in [1.82, 2.24) is 5.32 Å². The highest BCUT2D eigenvalue weighted by atomic mass is 32.1. The first-order chi connectivity index (χ1) is 12.6. The maximum Gasteiger partial charge on any atom is 0.196 e. The maximum absolute atomic E-state index is 13.0. The van der Waals surface area contributed by atoms with Gasteiger partial charge in [-0.25, -0.2) is 0 Å².